The number of nitrogens with one attached hydrogen (secondary N) is 4. The lowest BCUT2D eigenvalue weighted by Gasteiger charge is -2.36. The average molecular weight is 750 g/mol. The smallest absolute Gasteiger partial charge is 0.330 e. The van der Waals surface area contributed by atoms with Crippen LogP contribution in [0.3, 0.4) is 0 Å². The van der Waals surface area contributed by atoms with Crippen LogP contribution in [-0.2, 0) is 19.2 Å². The normalized spacial score (nSPS) is 21.7. The Hall–Kier alpha value is -5.25. The fourth-order valence-corrected chi connectivity index (χ4v) is 7.08. The van der Waals surface area contributed by atoms with E-state index in [1.54, 1.807) is 50.4 Å². The number of methoxy groups -OCH3 is 1. The van der Waals surface area contributed by atoms with E-state index in [0.717, 1.165) is 0 Å². The van der Waals surface area contributed by atoms with Crippen LogP contribution in [0.25, 0.3) is 22.3 Å². The van der Waals surface area contributed by atoms with Crippen molar-refractivity contribution in [3.63, 3.8) is 0 Å². The highest BCUT2D eigenvalue weighted by atomic mass is 32.1. The van der Waals surface area contributed by atoms with Crippen molar-refractivity contribution in [1.82, 2.24) is 30.8 Å². The van der Waals surface area contributed by atoms with Crippen molar-refractivity contribution in [3.8, 4) is 22.9 Å². The Morgan fingerprint density at radius 1 is 1.09 bits per heavy atom. The number of pyridine rings is 1. The van der Waals surface area contributed by atoms with Gasteiger partial charge in [0.15, 0.2) is 5.13 Å². The zero-order valence-electron chi connectivity index (χ0n) is 31.2. The van der Waals surface area contributed by atoms with E-state index in [1.165, 1.54) is 36.3 Å². The van der Waals surface area contributed by atoms with Crippen LogP contribution in [0.2, 0.25) is 0 Å². The summed E-state index contributed by atoms with van der Waals surface area (Å²) in [7, 11) is 1.54. The number of fused-ring (bicyclic) bond motifs is 1. The second-order valence-corrected chi connectivity index (χ2v) is 16.4. The Kier molecular flexibility index (Phi) is 10.8. The molecule has 0 spiro atoms. The van der Waals surface area contributed by atoms with Crippen LogP contribution in [0, 0.1) is 11.3 Å². The fourth-order valence-electron chi connectivity index (χ4n) is 6.33. The number of hydrogen-bond donors (Lipinski definition) is 5. The summed E-state index contributed by atoms with van der Waals surface area (Å²) in [6, 6.07) is 4.26. The first-order valence-corrected chi connectivity index (χ1v) is 18.1. The molecule has 284 valence electrons. The molecule has 5 N–H and O–H groups in total. The van der Waals surface area contributed by atoms with Crippen molar-refractivity contribution in [2.24, 2.45) is 11.3 Å². The van der Waals surface area contributed by atoms with Crippen molar-refractivity contribution >= 4 is 57.1 Å². The maximum Gasteiger partial charge on any atom is 0.330 e. The first-order chi connectivity index (χ1) is 24.7. The number of ether oxygens (including phenoxy) is 2. The van der Waals surface area contributed by atoms with Crippen molar-refractivity contribution in [2.45, 2.75) is 90.6 Å². The van der Waals surface area contributed by atoms with E-state index in [2.05, 4.69) is 32.8 Å². The summed E-state index contributed by atoms with van der Waals surface area (Å²) in [4.78, 5) is 76.2. The first kappa shape index (κ1) is 39.0. The maximum absolute atomic E-state index is 14.5. The Balaban J connectivity index is 1.51. The number of aromatic nitrogens is 2. The van der Waals surface area contributed by atoms with Crippen molar-refractivity contribution in [2.75, 3.05) is 19.0 Å². The molecule has 1 saturated carbocycles. The maximum atomic E-state index is 14.5. The minimum absolute atomic E-state index is 0.0236. The number of rotatable bonds is 11. The number of urea groups is 1. The molecule has 2 aromatic heterocycles. The third-order valence-corrected chi connectivity index (χ3v) is 9.83. The standard InChI is InChI=1S/C37H47N7O8S/c1-10-20-16-37(20,32(48)49)42-30(46)27-14-22(17-44(27)31(47)29(35(3,4)5)41-33(50)43-36(6,7)8)52-28-15-25(26-18-53-34(40-26)38-19(2)45)39-24-13-21(51-9)11-12-23(24)28/h10-13,15,18,20,22,27,29H,1,14,16-17H2,2-9H3,(H,42,46)(H,48,49)(H,38,40,45)(H2,41,43,50)/t20-,22-,27+,29-,37-/m1/s1. The molecule has 5 atom stereocenters. The molecule has 2 aliphatic rings. The third kappa shape index (κ3) is 8.70. The molecule has 16 heteroatoms. The monoisotopic (exact) mass is 749 g/mol. The topological polar surface area (TPSA) is 201 Å². The number of hydrogen-bond acceptors (Lipinski definition) is 10. The van der Waals surface area contributed by atoms with Crippen LogP contribution in [0.1, 0.15) is 61.3 Å². The van der Waals surface area contributed by atoms with Gasteiger partial charge in [-0.15, -0.1) is 17.9 Å². The number of benzene rings is 1. The fraction of sp³-hybridized carbons (Fsp3) is 0.486. The Morgan fingerprint density at radius 3 is 2.40 bits per heavy atom. The molecule has 0 bridgehead atoms. The van der Waals surface area contributed by atoms with E-state index >= 15 is 0 Å². The van der Waals surface area contributed by atoms with Gasteiger partial charge < -0.3 is 40.7 Å². The molecule has 3 aromatic rings. The predicted octanol–water partition coefficient (Wildman–Crippen LogP) is 4.33. The average Bonchev–Trinajstić information content (AvgIpc) is 3.34. The number of nitrogens with zero attached hydrogens (tertiary/aromatic N) is 3. The number of carbonyl (C=O) groups is 5. The predicted molar refractivity (Wildman–Crippen MR) is 200 cm³/mol. The molecule has 1 aromatic carbocycles. The van der Waals surface area contributed by atoms with E-state index in [1.807, 2.05) is 20.8 Å². The highest BCUT2D eigenvalue weighted by Crippen LogP contribution is 2.45. The number of carboxylic acid groups (broad SMARTS) is 1. The molecule has 5 amide bonds. The van der Waals surface area contributed by atoms with Gasteiger partial charge in [-0.3, -0.25) is 14.4 Å². The summed E-state index contributed by atoms with van der Waals surface area (Å²) >= 11 is 1.24. The number of thiazole rings is 1. The first-order valence-electron chi connectivity index (χ1n) is 17.2. The highest BCUT2D eigenvalue weighted by molar-refractivity contribution is 7.14. The zero-order valence-corrected chi connectivity index (χ0v) is 32.0. The van der Waals surface area contributed by atoms with Crippen molar-refractivity contribution < 1.29 is 38.6 Å². The van der Waals surface area contributed by atoms with Crippen LogP contribution < -0.4 is 30.7 Å². The second kappa shape index (κ2) is 14.6. The van der Waals surface area contributed by atoms with E-state index in [4.69, 9.17) is 14.5 Å². The Morgan fingerprint density at radius 2 is 1.81 bits per heavy atom. The largest absolute Gasteiger partial charge is 0.497 e. The Labute approximate surface area is 311 Å². The molecule has 0 radical (unpaired) electrons. The molecule has 2 fully saturated rings. The van der Waals surface area contributed by atoms with Gasteiger partial charge in [0, 0.05) is 47.7 Å². The van der Waals surface area contributed by atoms with E-state index in [0.29, 0.717) is 38.9 Å². The van der Waals surface area contributed by atoms with Crippen LogP contribution in [0.4, 0.5) is 9.93 Å². The molecule has 5 rings (SSSR count). The highest BCUT2D eigenvalue weighted by Gasteiger charge is 2.61. The number of aliphatic carboxylic acids is 1. The lowest BCUT2D eigenvalue weighted by molar-refractivity contribution is -0.146. The quantitative estimate of drug-likeness (QED) is 0.176. The summed E-state index contributed by atoms with van der Waals surface area (Å²) in [6.45, 7) is 15.9. The summed E-state index contributed by atoms with van der Waals surface area (Å²) in [5, 5.41) is 23.8. The molecule has 0 unspecified atom stereocenters. The van der Waals surface area contributed by atoms with Crippen LogP contribution in [0.15, 0.2) is 42.3 Å². The van der Waals surface area contributed by atoms with Crippen LogP contribution in [-0.4, -0.2) is 92.6 Å². The summed E-state index contributed by atoms with van der Waals surface area (Å²) in [6.07, 6.45) is 0.955. The van der Waals surface area contributed by atoms with E-state index in [9.17, 15) is 29.1 Å². The lowest BCUT2D eigenvalue weighted by Crippen LogP contribution is -2.61. The summed E-state index contributed by atoms with van der Waals surface area (Å²) in [5.74, 6) is -2.15. The van der Waals surface area contributed by atoms with Gasteiger partial charge in [0.1, 0.15) is 40.9 Å². The van der Waals surface area contributed by atoms with Gasteiger partial charge in [-0.25, -0.2) is 19.6 Å². The van der Waals surface area contributed by atoms with E-state index < -0.39 is 64.4 Å². The van der Waals surface area contributed by atoms with Gasteiger partial charge in [-0.1, -0.05) is 26.8 Å². The number of carbonyl (C=O) groups excluding carboxylic acids is 4. The summed E-state index contributed by atoms with van der Waals surface area (Å²) < 4.78 is 12.1. The second-order valence-electron chi connectivity index (χ2n) is 15.5. The van der Waals surface area contributed by atoms with Crippen LogP contribution >= 0.6 is 11.3 Å². The molecule has 3 heterocycles. The van der Waals surface area contributed by atoms with Gasteiger partial charge in [-0.2, -0.15) is 0 Å². The van der Waals surface area contributed by atoms with Gasteiger partial charge in [0.2, 0.25) is 17.7 Å². The number of likely N-dealkylation sites (tertiary alicyclic amines) is 1. The Bertz CT molecular complexity index is 1950. The molecule has 53 heavy (non-hydrogen) atoms. The molecular weight excluding hydrogens is 703 g/mol. The number of amides is 5. The van der Waals surface area contributed by atoms with Gasteiger partial charge in [0.25, 0.3) is 0 Å². The van der Waals surface area contributed by atoms with Crippen molar-refractivity contribution in [3.05, 3.63) is 42.3 Å². The molecule has 1 aliphatic heterocycles. The molecular formula is C37H47N7O8S. The third-order valence-electron chi connectivity index (χ3n) is 9.07. The minimum Gasteiger partial charge on any atom is -0.497 e. The zero-order chi connectivity index (χ0) is 39.0. The van der Waals surface area contributed by atoms with Crippen LogP contribution in [0.5, 0.6) is 11.5 Å². The SMILES string of the molecule is C=C[C@@H]1C[C@]1(NC(=O)[C@@H]1C[C@@H](Oc2cc(-c3csc(NC(C)=O)n3)nc3cc(OC)ccc23)CN1C(=O)[C@@H](NC(=O)NC(C)(C)C)C(C)(C)C)C(=O)O. The number of anilines is 1. The number of carboxylic acids is 1. The minimum atomic E-state index is -1.53. The van der Waals surface area contributed by atoms with Crippen molar-refractivity contribution in [1.29, 1.82) is 0 Å². The molecule has 1 aliphatic carbocycles. The van der Waals surface area contributed by atoms with Gasteiger partial charge in [-0.05, 0) is 44.7 Å². The van der Waals surface area contributed by atoms with Gasteiger partial charge >= 0.3 is 12.0 Å². The molecule has 15 nitrogen and oxygen atoms in total. The van der Waals surface area contributed by atoms with Gasteiger partial charge in [0.05, 0.1) is 24.9 Å². The van der Waals surface area contributed by atoms with E-state index in [-0.39, 0.29) is 25.3 Å². The lowest BCUT2D eigenvalue weighted by atomic mass is 9.85. The summed E-state index contributed by atoms with van der Waals surface area (Å²) in [5.41, 5.74) is -1.43. The molecule has 1 saturated heterocycles.